The van der Waals surface area contributed by atoms with E-state index in [1.165, 1.54) is 11.7 Å². The van der Waals surface area contributed by atoms with Crippen molar-refractivity contribution in [3.63, 3.8) is 0 Å². The zero-order valence-electron chi connectivity index (χ0n) is 16.1. The summed E-state index contributed by atoms with van der Waals surface area (Å²) in [5, 5.41) is 3.64. The van der Waals surface area contributed by atoms with E-state index in [2.05, 4.69) is 34.3 Å². The second-order valence-corrected chi connectivity index (χ2v) is 7.32. The normalized spacial score (nSPS) is 14.7. The third-order valence-corrected chi connectivity index (χ3v) is 5.54. The second kappa shape index (κ2) is 7.77. The van der Waals surface area contributed by atoms with Crippen molar-refractivity contribution in [2.75, 3.05) is 19.1 Å². The summed E-state index contributed by atoms with van der Waals surface area (Å²) < 4.78 is 6.62. The largest absolute Gasteiger partial charge is 0.495 e. The van der Waals surface area contributed by atoms with Crippen molar-refractivity contribution in [3.05, 3.63) is 85.5 Å². The van der Waals surface area contributed by atoms with Crippen LogP contribution >= 0.6 is 11.6 Å². The molecule has 0 aliphatic carbocycles. The van der Waals surface area contributed by atoms with Gasteiger partial charge in [0.25, 0.3) is 5.56 Å². The zero-order chi connectivity index (χ0) is 20.5. The third-order valence-electron chi connectivity index (χ3n) is 5.24. The highest BCUT2D eigenvalue weighted by Gasteiger charge is 2.26. The molecule has 0 spiro atoms. The molecule has 0 bridgehead atoms. The number of rotatable bonds is 4. The fraction of sp³-hybridized carbons (Fsp3) is 0.238. The van der Waals surface area contributed by atoms with Gasteiger partial charge in [0.15, 0.2) is 0 Å². The summed E-state index contributed by atoms with van der Waals surface area (Å²) in [5.41, 5.74) is 1.30. The van der Waals surface area contributed by atoms with Crippen LogP contribution in [0.3, 0.4) is 0 Å². The summed E-state index contributed by atoms with van der Waals surface area (Å²) in [4.78, 5) is 29.7. The standard InChI is InChI=1S/C21H21ClN4O3/c1-13(14-6-4-3-5-7-14)25-11-16-19(23-12-25)26(21(28)24-20(16)27)15-8-9-18(29-2)17(22)10-15/h3-10,13,23H,11-12H2,1-2H3,(H,24,27,28)/t13-/m1/s1. The van der Waals surface area contributed by atoms with Crippen LogP contribution in [0.15, 0.2) is 58.1 Å². The van der Waals surface area contributed by atoms with Crippen LogP contribution in [-0.2, 0) is 6.54 Å². The summed E-state index contributed by atoms with van der Waals surface area (Å²) in [5.74, 6) is 0.995. The van der Waals surface area contributed by atoms with Gasteiger partial charge < -0.3 is 10.1 Å². The summed E-state index contributed by atoms with van der Waals surface area (Å²) >= 11 is 6.24. The van der Waals surface area contributed by atoms with Crippen LogP contribution in [0.25, 0.3) is 5.69 Å². The fourth-order valence-corrected chi connectivity index (χ4v) is 3.85. The molecule has 1 aromatic heterocycles. The summed E-state index contributed by atoms with van der Waals surface area (Å²) in [6.07, 6.45) is 0. The average Bonchev–Trinajstić information content (AvgIpc) is 2.74. The lowest BCUT2D eigenvalue weighted by Gasteiger charge is -2.35. The Hall–Kier alpha value is -3.03. The molecule has 0 amide bonds. The van der Waals surface area contributed by atoms with Crippen molar-refractivity contribution in [1.29, 1.82) is 0 Å². The quantitative estimate of drug-likeness (QED) is 0.688. The van der Waals surface area contributed by atoms with Gasteiger partial charge in [0.2, 0.25) is 0 Å². The molecule has 7 nitrogen and oxygen atoms in total. The first kappa shape index (κ1) is 19.3. The number of halogens is 1. The van der Waals surface area contributed by atoms with E-state index in [1.807, 2.05) is 18.2 Å². The van der Waals surface area contributed by atoms with Gasteiger partial charge in [-0.15, -0.1) is 0 Å². The number of methoxy groups -OCH3 is 1. The second-order valence-electron chi connectivity index (χ2n) is 6.91. The van der Waals surface area contributed by atoms with Crippen LogP contribution in [0.5, 0.6) is 5.75 Å². The molecule has 0 saturated carbocycles. The number of anilines is 1. The first-order valence-electron chi connectivity index (χ1n) is 9.24. The Bertz CT molecular complexity index is 1160. The van der Waals surface area contributed by atoms with Gasteiger partial charge in [0, 0.05) is 12.6 Å². The van der Waals surface area contributed by atoms with Gasteiger partial charge >= 0.3 is 5.69 Å². The molecule has 3 aromatic rings. The Morgan fingerprint density at radius 1 is 1.14 bits per heavy atom. The molecule has 0 fully saturated rings. The molecular formula is C21H21ClN4O3. The predicted molar refractivity (Wildman–Crippen MR) is 113 cm³/mol. The number of aromatic amines is 1. The van der Waals surface area contributed by atoms with Crippen LogP contribution in [0, 0.1) is 0 Å². The number of aromatic nitrogens is 2. The highest BCUT2D eigenvalue weighted by molar-refractivity contribution is 6.32. The predicted octanol–water partition coefficient (Wildman–Crippen LogP) is 3.13. The number of ether oxygens (including phenoxy) is 1. The van der Waals surface area contributed by atoms with Gasteiger partial charge in [-0.3, -0.25) is 14.7 Å². The number of benzene rings is 2. The van der Waals surface area contributed by atoms with Crippen LogP contribution in [0.2, 0.25) is 5.02 Å². The minimum Gasteiger partial charge on any atom is -0.495 e. The maximum atomic E-state index is 12.6. The smallest absolute Gasteiger partial charge is 0.334 e. The lowest BCUT2D eigenvalue weighted by Crippen LogP contribution is -2.43. The molecule has 2 N–H and O–H groups in total. The van der Waals surface area contributed by atoms with Crippen molar-refractivity contribution in [2.45, 2.75) is 19.5 Å². The number of fused-ring (bicyclic) bond motifs is 1. The van der Waals surface area contributed by atoms with E-state index < -0.39 is 11.2 Å². The number of nitrogens with zero attached hydrogens (tertiary/aromatic N) is 2. The Kier molecular flexibility index (Phi) is 5.17. The Morgan fingerprint density at radius 2 is 1.90 bits per heavy atom. The molecule has 0 unspecified atom stereocenters. The number of H-pyrrole nitrogens is 1. The third kappa shape index (κ3) is 3.54. The summed E-state index contributed by atoms with van der Waals surface area (Å²) in [6.45, 7) is 3.00. The van der Waals surface area contributed by atoms with Crippen molar-refractivity contribution >= 4 is 17.4 Å². The summed E-state index contributed by atoms with van der Waals surface area (Å²) in [7, 11) is 1.53. The molecule has 2 heterocycles. The molecule has 29 heavy (non-hydrogen) atoms. The van der Waals surface area contributed by atoms with E-state index in [1.54, 1.807) is 18.2 Å². The SMILES string of the molecule is COc1ccc(-n2c3c(c(=O)[nH]c2=O)CN([C@H](C)c2ccccc2)CN3)cc1Cl. The number of hydrogen-bond acceptors (Lipinski definition) is 5. The minimum atomic E-state index is -0.521. The first-order chi connectivity index (χ1) is 14.0. The Labute approximate surface area is 172 Å². The molecule has 1 aliphatic heterocycles. The molecule has 2 aromatic carbocycles. The lowest BCUT2D eigenvalue weighted by molar-refractivity contribution is 0.207. The van der Waals surface area contributed by atoms with Crippen LogP contribution in [-0.4, -0.2) is 28.2 Å². The Balaban J connectivity index is 1.75. The average molecular weight is 413 g/mol. The molecule has 8 heteroatoms. The van der Waals surface area contributed by atoms with E-state index in [-0.39, 0.29) is 6.04 Å². The molecule has 0 radical (unpaired) electrons. The molecular weight excluding hydrogens is 392 g/mol. The number of hydrogen-bond donors (Lipinski definition) is 2. The summed E-state index contributed by atoms with van der Waals surface area (Å²) in [6, 6.07) is 15.2. The topological polar surface area (TPSA) is 79.4 Å². The maximum Gasteiger partial charge on any atom is 0.334 e. The molecule has 0 saturated heterocycles. The van der Waals surface area contributed by atoms with Crippen molar-refractivity contribution in [1.82, 2.24) is 14.5 Å². The highest BCUT2D eigenvalue weighted by atomic mass is 35.5. The van der Waals surface area contributed by atoms with Crippen LogP contribution in [0.1, 0.15) is 24.1 Å². The van der Waals surface area contributed by atoms with Gasteiger partial charge in [-0.1, -0.05) is 41.9 Å². The lowest BCUT2D eigenvalue weighted by atomic mass is 10.1. The zero-order valence-corrected chi connectivity index (χ0v) is 16.9. The number of nitrogens with one attached hydrogen (secondary N) is 2. The van der Waals surface area contributed by atoms with E-state index in [0.29, 0.717) is 41.1 Å². The van der Waals surface area contributed by atoms with Gasteiger partial charge in [-0.2, -0.15) is 0 Å². The minimum absolute atomic E-state index is 0.104. The van der Waals surface area contributed by atoms with Crippen molar-refractivity contribution in [3.8, 4) is 11.4 Å². The van der Waals surface area contributed by atoms with Crippen molar-refractivity contribution < 1.29 is 4.74 Å². The van der Waals surface area contributed by atoms with Gasteiger partial charge in [0.1, 0.15) is 11.6 Å². The molecule has 150 valence electrons. The van der Waals surface area contributed by atoms with E-state index >= 15 is 0 Å². The van der Waals surface area contributed by atoms with E-state index in [0.717, 1.165) is 5.56 Å². The monoisotopic (exact) mass is 412 g/mol. The van der Waals surface area contributed by atoms with E-state index in [9.17, 15) is 9.59 Å². The molecule has 1 aliphatic rings. The van der Waals surface area contributed by atoms with Crippen LogP contribution in [0.4, 0.5) is 5.82 Å². The van der Waals surface area contributed by atoms with Gasteiger partial charge in [-0.05, 0) is 30.7 Å². The highest BCUT2D eigenvalue weighted by Crippen LogP contribution is 2.30. The van der Waals surface area contributed by atoms with Crippen molar-refractivity contribution in [2.24, 2.45) is 0 Å². The fourth-order valence-electron chi connectivity index (χ4n) is 3.60. The van der Waals surface area contributed by atoms with E-state index in [4.69, 9.17) is 16.3 Å². The molecule has 4 rings (SSSR count). The van der Waals surface area contributed by atoms with Gasteiger partial charge in [-0.25, -0.2) is 9.36 Å². The Morgan fingerprint density at radius 3 is 2.59 bits per heavy atom. The van der Waals surface area contributed by atoms with Gasteiger partial charge in [0.05, 0.1) is 30.1 Å². The van der Waals surface area contributed by atoms with Crippen LogP contribution < -0.4 is 21.3 Å². The first-order valence-corrected chi connectivity index (χ1v) is 9.62. The maximum absolute atomic E-state index is 12.6. The molecule has 1 atom stereocenters.